The summed E-state index contributed by atoms with van der Waals surface area (Å²) in [6.07, 6.45) is -2.70. The van der Waals surface area contributed by atoms with Gasteiger partial charge in [-0.2, -0.15) is 23.0 Å². The topological polar surface area (TPSA) is 98.9 Å². The minimum Gasteiger partial charge on any atom is -0.488 e. The van der Waals surface area contributed by atoms with Crippen LogP contribution in [0, 0.1) is 6.92 Å². The summed E-state index contributed by atoms with van der Waals surface area (Å²) in [5, 5.41) is 13.5. The van der Waals surface area contributed by atoms with Crippen molar-refractivity contribution in [1.29, 1.82) is 0 Å². The minimum atomic E-state index is -4.68. The number of para-hydroxylation sites is 1. The zero-order valence-corrected chi connectivity index (χ0v) is 23.5. The predicted molar refractivity (Wildman–Crippen MR) is 150 cm³/mol. The highest BCUT2D eigenvalue weighted by Crippen LogP contribution is 2.42. The van der Waals surface area contributed by atoms with Crippen LogP contribution < -0.4 is 9.47 Å². The van der Waals surface area contributed by atoms with E-state index in [2.05, 4.69) is 15.0 Å². The molecule has 0 radical (unpaired) electrons. The van der Waals surface area contributed by atoms with Crippen LogP contribution in [0.2, 0.25) is 0 Å². The first kappa shape index (κ1) is 28.7. The van der Waals surface area contributed by atoms with E-state index in [1.807, 2.05) is 19.1 Å². The molecule has 2 aliphatic rings. The molecule has 0 spiro atoms. The fourth-order valence-electron chi connectivity index (χ4n) is 5.62. The molecule has 4 aromatic rings. The van der Waals surface area contributed by atoms with Crippen molar-refractivity contribution in [3.05, 3.63) is 88.1 Å². The summed E-state index contributed by atoms with van der Waals surface area (Å²) in [5.41, 5.74) is 3.49. The molecule has 9 nitrogen and oxygen atoms in total. The van der Waals surface area contributed by atoms with Gasteiger partial charge in [0.05, 0.1) is 43.8 Å². The summed E-state index contributed by atoms with van der Waals surface area (Å²) in [7, 11) is 1.30. The number of pyridine rings is 1. The number of carbonyl (C=O) groups is 1. The first-order valence-electron chi connectivity index (χ1n) is 13.7. The number of alkyl halides is 3. The number of aromatic carboxylic acids is 1. The zero-order valence-electron chi connectivity index (χ0n) is 23.5. The maximum Gasteiger partial charge on any atom is 0.419 e. The molecule has 224 valence electrons. The van der Waals surface area contributed by atoms with Gasteiger partial charge in [-0.25, -0.2) is 9.78 Å². The van der Waals surface area contributed by atoms with Crippen molar-refractivity contribution in [3.8, 4) is 28.7 Å². The predicted octanol–water partition coefficient (Wildman–Crippen LogP) is 5.30. The van der Waals surface area contributed by atoms with Crippen molar-refractivity contribution in [2.45, 2.75) is 38.7 Å². The quantitative estimate of drug-likeness (QED) is 0.293. The number of ether oxygens (including phenoxy) is 3. The van der Waals surface area contributed by atoms with Gasteiger partial charge in [0.1, 0.15) is 17.9 Å². The molecule has 1 saturated heterocycles. The molecule has 0 atom stereocenters. The zero-order chi connectivity index (χ0) is 30.3. The number of fused-ring (bicyclic) bond motifs is 1. The average molecular weight is 595 g/mol. The number of hydrogen-bond acceptors (Lipinski definition) is 7. The summed E-state index contributed by atoms with van der Waals surface area (Å²) in [5.74, 6) is -1.48. The van der Waals surface area contributed by atoms with Crippen LogP contribution in [0.25, 0.3) is 17.1 Å². The number of aromatic nitrogens is 3. The number of halogens is 3. The van der Waals surface area contributed by atoms with Gasteiger partial charge in [-0.05, 0) is 59.9 Å². The van der Waals surface area contributed by atoms with Crippen molar-refractivity contribution in [3.63, 3.8) is 0 Å². The normalized spacial score (nSPS) is 15.6. The third-order valence-electron chi connectivity index (χ3n) is 8.04. The maximum atomic E-state index is 14.2. The lowest BCUT2D eigenvalue weighted by Gasteiger charge is -2.40. The molecule has 12 heteroatoms. The monoisotopic (exact) mass is 594 g/mol. The van der Waals surface area contributed by atoms with Gasteiger partial charge in [-0.3, -0.25) is 4.90 Å². The van der Waals surface area contributed by atoms with Crippen LogP contribution in [0.3, 0.4) is 0 Å². The smallest absolute Gasteiger partial charge is 0.419 e. The van der Waals surface area contributed by atoms with E-state index in [9.17, 15) is 23.1 Å². The van der Waals surface area contributed by atoms with Crippen molar-refractivity contribution in [1.82, 2.24) is 19.7 Å². The summed E-state index contributed by atoms with van der Waals surface area (Å²) < 4.78 is 60.4. The van der Waals surface area contributed by atoms with Crippen LogP contribution >= 0.6 is 0 Å². The molecular weight excluding hydrogens is 565 g/mol. The van der Waals surface area contributed by atoms with Gasteiger partial charge in [0, 0.05) is 18.7 Å². The average Bonchev–Trinajstić information content (AvgIpc) is 3.40. The van der Waals surface area contributed by atoms with Gasteiger partial charge < -0.3 is 19.3 Å². The third-order valence-corrected chi connectivity index (χ3v) is 8.04. The van der Waals surface area contributed by atoms with Crippen molar-refractivity contribution < 1.29 is 37.3 Å². The molecule has 0 unspecified atom stereocenters. The Hall–Kier alpha value is -4.42. The van der Waals surface area contributed by atoms with E-state index in [1.54, 1.807) is 18.2 Å². The van der Waals surface area contributed by atoms with Gasteiger partial charge >= 0.3 is 12.1 Å². The molecule has 43 heavy (non-hydrogen) atoms. The van der Waals surface area contributed by atoms with Gasteiger partial charge in [0.15, 0.2) is 5.82 Å². The van der Waals surface area contributed by atoms with Crippen LogP contribution in [0.4, 0.5) is 13.2 Å². The first-order chi connectivity index (χ1) is 20.7. The Morgan fingerprint density at radius 3 is 2.63 bits per heavy atom. The second kappa shape index (κ2) is 11.3. The minimum absolute atomic E-state index is 0.0615. The third kappa shape index (κ3) is 5.43. The standard InChI is InChI=1S/C31H29F3N4O5/c1-18-20(10-9-19-14-37(12-11-22(18)19)21-16-42-17-21)15-43-28-23(5-3-6-25(28)31(32,33)34)26-7-4-8-27(36-26)38-29(41-2)24(13-35-38)30(39)40/h3-10,13,21H,11-12,14-17H2,1-2H3,(H,39,40). The maximum absolute atomic E-state index is 14.2. The molecule has 0 amide bonds. The summed E-state index contributed by atoms with van der Waals surface area (Å²) in [6.45, 7) is 5.15. The molecule has 0 saturated carbocycles. The number of rotatable bonds is 8. The lowest BCUT2D eigenvalue weighted by molar-refractivity contribution is -0.139. The number of hydrogen-bond donors (Lipinski definition) is 1. The van der Waals surface area contributed by atoms with E-state index in [4.69, 9.17) is 14.2 Å². The van der Waals surface area contributed by atoms with E-state index < -0.39 is 17.7 Å². The molecule has 2 aromatic carbocycles. The lowest BCUT2D eigenvalue weighted by Crippen LogP contribution is -2.50. The van der Waals surface area contributed by atoms with E-state index in [-0.39, 0.29) is 40.9 Å². The first-order valence-corrected chi connectivity index (χ1v) is 13.7. The number of methoxy groups -OCH3 is 1. The Morgan fingerprint density at radius 1 is 1.14 bits per heavy atom. The number of benzene rings is 2. The van der Waals surface area contributed by atoms with Crippen LogP contribution in [-0.4, -0.2) is 63.7 Å². The van der Waals surface area contributed by atoms with Crippen LogP contribution in [-0.2, 0) is 30.5 Å². The second-order valence-electron chi connectivity index (χ2n) is 10.5. The van der Waals surface area contributed by atoms with E-state index in [0.29, 0.717) is 6.04 Å². The fraction of sp³-hybridized carbons (Fsp3) is 0.323. The number of carboxylic acid groups (broad SMARTS) is 1. The second-order valence-corrected chi connectivity index (χ2v) is 10.5. The SMILES string of the molecule is COc1c(C(=O)O)cnn1-c1cccc(-c2cccc(C(F)(F)F)c2OCc2ccc3c(c2C)CCN(C2COC2)C3)n1. The molecule has 4 heterocycles. The highest BCUT2D eigenvalue weighted by atomic mass is 19.4. The summed E-state index contributed by atoms with van der Waals surface area (Å²) in [4.78, 5) is 18.5. The molecule has 0 aliphatic carbocycles. The van der Waals surface area contributed by atoms with Gasteiger partial charge in [-0.15, -0.1) is 0 Å². The Bertz CT molecular complexity index is 1680. The van der Waals surface area contributed by atoms with E-state index >= 15 is 0 Å². The van der Waals surface area contributed by atoms with Crippen molar-refractivity contribution in [2.75, 3.05) is 26.9 Å². The summed E-state index contributed by atoms with van der Waals surface area (Å²) in [6, 6.07) is 12.9. The lowest BCUT2D eigenvalue weighted by atomic mass is 9.91. The van der Waals surface area contributed by atoms with Crippen LogP contribution in [0.5, 0.6) is 11.6 Å². The Labute approximate surface area is 245 Å². The van der Waals surface area contributed by atoms with E-state index in [1.165, 1.54) is 35.1 Å². The Kier molecular flexibility index (Phi) is 7.57. The molecule has 6 rings (SSSR count). The largest absolute Gasteiger partial charge is 0.488 e. The van der Waals surface area contributed by atoms with Crippen LogP contribution in [0.15, 0.2) is 54.7 Å². The van der Waals surface area contributed by atoms with E-state index in [0.717, 1.165) is 56.1 Å². The molecule has 0 bridgehead atoms. The molecule has 2 aromatic heterocycles. The fourth-order valence-corrected chi connectivity index (χ4v) is 5.62. The highest BCUT2D eigenvalue weighted by molar-refractivity contribution is 5.90. The van der Waals surface area contributed by atoms with Crippen LogP contribution in [0.1, 0.15) is 38.2 Å². The van der Waals surface area contributed by atoms with Crippen molar-refractivity contribution in [2.24, 2.45) is 0 Å². The van der Waals surface area contributed by atoms with Gasteiger partial charge in [-0.1, -0.05) is 24.3 Å². The summed E-state index contributed by atoms with van der Waals surface area (Å²) >= 11 is 0. The number of carboxylic acids is 1. The number of nitrogens with zero attached hydrogens (tertiary/aromatic N) is 4. The molecule has 2 aliphatic heterocycles. The van der Waals surface area contributed by atoms with Gasteiger partial charge in [0.2, 0.25) is 5.88 Å². The highest BCUT2D eigenvalue weighted by Gasteiger charge is 2.36. The van der Waals surface area contributed by atoms with Gasteiger partial charge in [0.25, 0.3) is 0 Å². The Morgan fingerprint density at radius 2 is 1.93 bits per heavy atom. The molecule has 1 N–H and O–H groups in total. The Balaban J connectivity index is 1.33. The van der Waals surface area contributed by atoms with Crippen molar-refractivity contribution >= 4 is 5.97 Å². The molecular formula is C31H29F3N4O5. The molecule has 1 fully saturated rings.